The molecule has 0 aromatic carbocycles. The molecule has 3 heterocycles. The van der Waals surface area contributed by atoms with Crippen molar-refractivity contribution in [2.24, 2.45) is 7.05 Å². The summed E-state index contributed by atoms with van der Waals surface area (Å²) in [5, 5.41) is 14.6. The number of carboxylic acids is 1. The van der Waals surface area contributed by atoms with E-state index in [0.717, 1.165) is 43.9 Å². The number of carboxylic acid groups (broad SMARTS) is 1. The summed E-state index contributed by atoms with van der Waals surface area (Å²) in [7, 11) is 1.98. The first-order valence-electron chi connectivity index (χ1n) is 8.99. The number of aromatic nitrogens is 2. The van der Waals surface area contributed by atoms with Gasteiger partial charge >= 0.3 is 12.1 Å². The van der Waals surface area contributed by atoms with Crippen molar-refractivity contribution in [1.82, 2.24) is 19.8 Å². The minimum Gasteiger partial charge on any atom is -0.475 e. The highest BCUT2D eigenvalue weighted by Crippen LogP contribution is 2.30. The van der Waals surface area contributed by atoms with Crippen LogP contribution >= 0.6 is 11.3 Å². The Morgan fingerprint density at radius 1 is 1.38 bits per heavy atom. The molecular formula is C18H21F3N4O3S. The lowest BCUT2D eigenvalue weighted by Crippen LogP contribution is -2.42. The van der Waals surface area contributed by atoms with E-state index in [0.29, 0.717) is 6.04 Å². The predicted octanol–water partition coefficient (Wildman–Crippen LogP) is 2.49. The van der Waals surface area contributed by atoms with Gasteiger partial charge in [-0.05, 0) is 35.2 Å². The van der Waals surface area contributed by atoms with Crippen LogP contribution in [0.25, 0.3) is 0 Å². The van der Waals surface area contributed by atoms with E-state index in [9.17, 15) is 18.0 Å². The third-order valence-corrected chi connectivity index (χ3v) is 5.41. The van der Waals surface area contributed by atoms with E-state index in [2.05, 4.69) is 32.0 Å². The van der Waals surface area contributed by atoms with Gasteiger partial charge in [0.15, 0.2) is 0 Å². The van der Waals surface area contributed by atoms with Crippen molar-refractivity contribution >= 4 is 23.2 Å². The van der Waals surface area contributed by atoms with Crippen LogP contribution in [0.3, 0.4) is 0 Å². The number of halogens is 3. The van der Waals surface area contributed by atoms with E-state index in [-0.39, 0.29) is 11.8 Å². The Bertz CT molecular complexity index is 862. The summed E-state index contributed by atoms with van der Waals surface area (Å²) in [5.41, 5.74) is 3.44. The fourth-order valence-corrected chi connectivity index (χ4v) is 3.84. The Labute approximate surface area is 169 Å². The Balaban J connectivity index is 0.000000298. The molecule has 158 valence electrons. The lowest BCUT2D eigenvalue weighted by atomic mass is 9.96. The summed E-state index contributed by atoms with van der Waals surface area (Å²) < 4.78 is 33.7. The van der Waals surface area contributed by atoms with Crippen molar-refractivity contribution in [2.45, 2.75) is 44.1 Å². The molecule has 0 radical (unpaired) electrons. The number of thiophene rings is 1. The van der Waals surface area contributed by atoms with Crippen LogP contribution in [0, 0.1) is 0 Å². The first kappa shape index (κ1) is 21.3. The van der Waals surface area contributed by atoms with Gasteiger partial charge in [0.2, 0.25) is 5.91 Å². The topological polar surface area (TPSA) is 87.5 Å². The molecule has 0 bridgehead atoms. The van der Waals surface area contributed by atoms with Crippen molar-refractivity contribution in [2.75, 3.05) is 6.54 Å². The molecule has 0 saturated heterocycles. The maximum atomic E-state index is 12.6. The molecule has 1 aliphatic heterocycles. The number of nitrogens with zero attached hydrogens (tertiary/aromatic N) is 3. The number of aliphatic carboxylic acids is 1. The maximum absolute atomic E-state index is 12.6. The smallest absolute Gasteiger partial charge is 0.475 e. The summed E-state index contributed by atoms with van der Waals surface area (Å²) in [4.78, 5) is 28.4. The van der Waals surface area contributed by atoms with Crippen LogP contribution in [0.15, 0.2) is 23.2 Å². The Hall–Kier alpha value is -2.40. The van der Waals surface area contributed by atoms with E-state index in [1.54, 1.807) is 11.3 Å². The first-order valence-corrected chi connectivity index (χ1v) is 9.93. The van der Waals surface area contributed by atoms with Crippen LogP contribution in [-0.2, 0) is 29.7 Å². The number of nitrogens with one attached hydrogen (secondary N) is 1. The van der Waals surface area contributed by atoms with Crippen molar-refractivity contribution in [3.05, 3.63) is 40.1 Å². The lowest BCUT2D eigenvalue weighted by molar-refractivity contribution is -0.192. The summed E-state index contributed by atoms with van der Waals surface area (Å²) in [6, 6.07) is 2.55. The van der Waals surface area contributed by atoms with E-state index < -0.39 is 12.1 Å². The molecule has 1 unspecified atom stereocenters. The van der Waals surface area contributed by atoms with Crippen LogP contribution in [0.4, 0.5) is 13.2 Å². The molecule has 1 aliphatic carbocycles. The second-order valence-corrected chi connectivity index (χ2v) is 7.91. The third kappa shape index (κ3) is 5.57. The van der Waals surface area contributed by atoms with Gasteiger partial charge in [-0.2, -0.15) is 24.5 Å². The number of amides is 1. The number of imidazole rings is 1. The molecule has 1 saturated carbocycles. The number of hydrogen-bond donors (Lipinski definition) is 2. The summed E-state index contributed by atoms with van der Waals surface area (Å²) >= 11 is 1.72. The number of fused-ring (bicyclic) bond motifs is 1. The molecular weight excluding hydrogens is 409 g/mol. The van der Waals surface area contributed by atoms with Gasteiger partial charge in [0.05, 0.1) is 23.6 Å². The molecule has 2 aliphatic rings. The SMILES string of the molecule is Cn1cnc2c1C(C(=O)NC1CC1)CN(Cc1ccsc1)C2.O=C(O)C(F)(F)F. The minimum absolute atomic E-state index is 0.115. The number of carbonyl (C=O) groups excluding carboxylic acids is 1. The zero-order valence-electron chi connectivity index (χ0n) is 15.6. The van der Waals surface area contributed by atoms with Gasteiger partial charge in [-0.3, -0.25) is 9.69 Å². The molecule has 2 aromatic heterocycles. The molecule has 0 spiro atoms. The lowest BCUT2D eigenvalue weighted by Gasteiger charge is -2.32. The average molecular weight is 430 g/mol. The maximum Gasteiger partial charge on any atom is 0.490 e. The van der Waals surface area contributed by atoms with Crippen LogP contribution in [0.1, 0.15) is 35.7 Å². The van der Waals surface area contributed by atoms with Crippen molar-refractivity contribution < 1.29 is 27.9 Å². The van der Waals surface area contributed by atoms with Gasteiger partial charge in [0.1, 0.15) is 0 Å². The number of rotatable bonds is 4. The predicted molar refractivity (Wildman–Crippen MR) is 99.2 cm³/mol. The Morgan fingerprint density at radius 2 is 2.07 bits per heavy atom. The highest BCUT2D eigenvalue weighted by Gasteiger charge is 2.38. The van der Waals surface area contributed by atoms with Gasteiger partial charge in [0, 0.05) is 32.7 Å². The molecule has 1 amide bonds. The highest BCUT2D eigenvalue weighted by atomic mass is 32.1. The Morgan fingerprint density at radius 3 is 2.62 bits per heavy atom. The number of alkyl halides is 3. The van der Waals surface area contributed by atoms with Crippen molar-refractivity contribution in [3.63, 3.8) is 0 Å². The monoisotopic (exact) mass is 430 g/mol. The first-order chi connectivity index (χ1) is 13.6. The second-order valence-electron chi connectivity index (χ2n) is 7.13. The summed E-state index contributed by atoms with van der Waals surface area (Å²) in [6.45, 7) is 2.47. The van der Waals surface area contributed by atoms with Crippen molar-refractivity contribution in [1.29, 1.82) is 0 Å². The van der Waals surface area contributed by atoms with Gasteiger partial charge < -0.3 is 15.0 Å². The zero-order valence-corrected chi connectivity index (χ0v) is 16.5. The normalized spacial score (nSPS) is 19.1. The van der Waals surface area contributed by atoms with E-state index in [1.165, 1.54) is 5.56 Å². The molecule has 1 fully saturated rings. The number of carbonyl (C=O) groups is 2. The van der Waals surface area contributed by atoms with Crippen LogP contribution in [0.5, 0.6) is 0 Å². The van der Waals surface area contributed by atoms with Gasteiger partial charge in [0.25, 0.3) is 0 Å². The quantitative estimate of drug-likeness (QED) is 0.778. The minimum atomic E-state index is -5.08. The van der Waals surface area contributed by atoms with E-state index in [1.807, 2.05) is 17.9 Å². The standard InChI is InChI=1S/C16H20N4OS.C2HF3O2/c1-19-10-17-14-8-20(6-11-4-5-22-9-11)7-13(15(14)19)16(21)18-12-2-3-12;3-2(4,5)1(6)7/h4-5,9-10,12-13H,2-3,6-8H2,1H3,(H,18,21);(H,6,7). The molecule has 2 aromatic rings. The van der Waals surface area contributed by atoms with E-state index in [4.69, 9.17) is 9.90 Å². The number of hydrogen-bond acceptors (Lipinski definition) is 5. The number of aryl methyl sites for hydroxylation is 1. The summed E-state index contributed by atoms with van der Waals surface area (Å²) in [5.74, 6) is -2.72. The Kier molecular flexibility index (Phi) is 6.27. The average Bonchev–Trinajstić information content (AvgIpc) is 3.16. The molecule has 29 heavy (non-hydrogen) atoms. The summed E-state index contributed by atoms with van der Waals surface area (Å²) in [6.07, 6.45) is -1.01. The van der Waals surface area contributed by atoms with Gasteiger partial charge in [-0.15, -0.1) is 0 Å². The fraction of sp³-hybridized carbons (Fsp3) is 0.500. The van der Waals surface area contributed by atoms with Crippen LogP contribution in [-0.4, -0.2) is 50.2 Å². The molecule has 7 nitrogen and oxygen atoms in total. The molecule has 1 atom stereocenters. The van der Waals surface area contributed by atoms with Crippen molar-refractivity contribution in [3.8, 4) is 0 Å². The third-order valence-electron chi connectivity index (χ3n) is 4.68. The van der Waals surface area contributed by atoms with Crippen LogP contribution < -0.4 is 5.32 Å². The second kappa shape index (κ2) is 8.54. The largest absolute Gasteiger partial charge is 0.490 e. The zero-order chi connectivity index (χ0) is 21.2. The van der Waals surface area contributed by atoms with Gasteiger partial charge in [-0.25, -0.2) is 9.78 Å². The van der Waals surface area contributed by atoms with E-state index >= 15 is 0 Å². The molecule has 11 heteroatoms. The van der Waals surface area contributed by atoms with Crippen LogP contribution in [0.2, 0.25) is 0 Å². The highest BCUT2D eigenvalue weighted by molar-refractivity contribution is 7.07. The fourth-order valence-electron chi connectivity index (χ4n) is 3.18. The molecule has 2 N–H and O–H groups in total. The molecule has 4 rings (SSSR count). The van der Waals surface area contributed by atoms with Gasteiger partial charge in [-0.1, -0.05) is 0 Å².